The smallest absolute Gasteiger partial charge is 0.207 e. The van der Waals surface area contributed by atoms with Crippen molar-refractivity contribution in [2.75, 3.05) is 0 Å². The Hall–Kier alpha value is -1.35. The van der Waals surface area contributed by atoms with Crippen molar-refractivity contribution in [3.05, 3.63) is 35.9 Å². The van der Waals surface area contributed by atoms with Gasteiger partial charge in [-0.3, -0.25) is 4.79 Å². The number of carbonyl (C=O) groups excluding carboxylic acids is 1. The predicted octanol–water partition coefficient (Wildman–Crippen LogP) is 4.48. The maximum Gasteiger partial charge on any atom is 0.207 e. The number of hydrogen-bond donors (Lipinski definition) is 2. The largest absolute Gasteiger partial charge is 0.393 e. The second-order valence-corrected chi connectivity index (χ2v) is 6.56. The average Bonchev–Trinajstić information content (AvgIpc) is 3.37. The third-order valence-corrected chi connectivity index (χ3v) is 4.66. The van der Waals surface area contributed by atoms with E-state index in [0.717, 1.165) is 31.6 Å². The van der Waals surface area contributed by atoms with Crippen molar-refractivity contribution in [3.8, 4) is 0 Å². The molecule has 3 nitrogen and oxygen atoms in total. The Labute approximate surface area is 147 Å². The molecular formula is C21H35NO2. The van der Waals surface area contributed by atoms with E-state index < -0.39 is 0 Å². The van der Waals surface area contributed by atoms with Gasteiger partial charge in [-0.2, -0.15) is 0 Å². The van der Waals surface area contributed by atoms with Crippen molar-refractivity contribution in [2.24, 2.45) is 5.92 Å². The molecular weight excluding hydrogens is 298 g/mol. The van der Waals surface area contributed by atoms with Crippen molar-refractivity contribution in [3.63, 3.8) is 0 Å². The zero-order chi connectivity index (χ0) is 17.6. The van der Waals surface area contributed by atoms with Gasteiger partial charge in [0.2, 0.25) is 6.41 Å². The van der Waals surface area contributed by atoms with Crippen molar-refractivity contribution in [1.82, 2.24) is 5.32 Å². The van der Waals surface area contributed by atoms with Crippen LogP contribution in [0, 0.1) is 5.92 Å². The third kappa shape index (κ3) is 9.07. The Morgan fingerprint density at radius 1 is 1.12 bits per heavy atom. The van der Waals surface area contributed by atoms with Crippen LogP contribution in [0.2, 0.25) is 0 Å². The van der Waals surface area contributed by atoms with Crippen LogP contribution in [0.25, 0.3) is 0 Å². The molecule has 1 amide bonds. The molecule has 24 heavy (non-hydrogen) atoms. The van der Waals surface area contributed by atoms with Gasteiger partial charge in [0, 0.05) is 6.04 Å². The lowest BCUT2D eigenvalue weighted by Gasteiger charge is -2.14. The number of nitrogens with one attached hydrogen (secondary N) is 1. The minimum absolute atomic E-state index is 0.0359. The number of benzene rings is 1. The lowest BCUT2D eigenvalue weighted by molar-refractivity contribution is -0.109. The normalized spacial score (nSPS) is 22.3. The monoisotopic (exact) mass is 333 g/mol. The Kier molecular flexibility index (Phi) is 11.2. The lowest BCUT2D eigenvalue weighted by atomic mass is 9.98. The quantitative estimate of drug-likeness (QED) is 0.754. The highest BCUT2D eigenvalue weighted by atomic mass is 16.3. The summed E-state index contributed by atoms with van der Waals surface area (Å²) in [5, 5.41) is 11.7. The molecule has 2 unspecified atom stereocenters. The molecule has 2 atom stereocenters. The summed E-state index contributed by atoms with van der Waals surface area (Å²) in [4.78, 5) is 10.2. The summed E-state index contributed by atoms with van der Waals surface area (Å²) in [5.74, 6) is 0.735. The number of aliphatic hydroxyl groups is 1. The summed E-state index contributed by atoms with van der Waals surface area (Å²) in [6.07, 6.45) is 11.5. The minimum Gasteiger partial charge on any atom is -0.393 e. The second-order valence-electron chi connectivity index (χ2n) is 6.56. The number of carbonyl (C=O) groups is 1. The molecule has 136 valence electrons. The van der Waals surface area contributed by atoms with Crippen LogP contribution in [0.15, 0.2) is 30.3 Å². The maximum atomic E-state index is 10.2. The maximum absolute atomic E-state index is 10.2. The van der Waals surface area contributed by atoms with Gasteiger partial charge in [-0.05, 0) is 50.0 Å². The van der Waals surface area contributed by atoms with Crippen molar-refractivity contribution in [2.45, 2.75) is 83.8 Å². The molecule has 0 heterocycles. The molecule has 3 rings (SSSR count). The summed E-state index contributed by atoms with van der Waals surface area (Å²) < 4.78 is 0. The fourth-order valence-electron chi connectivity index (χ4n) is 3.15. The fourth-order valence-corrected chi connectivity index (χ4v) is 3.15. The highest BCUT2D eigenvalue weighted by Crippen LogP contribution is 2.34. The van der Waals surface area contributed by atoms with Crippen LogP contribution in [-0.2, 0) is 11.2 Å². The van der Waals surface area contributed by atoms with Gasteiger partial charge >= 0.3 is 0 Å². The van der Waals surface area contributed by atoms with E-state index in [4.69, 9.17) is 5.11 Å². The van der Waals surface area contributed by atoms with E-state index in [1.54, 1.807) is 0 Å². The van der Waals surface area contributed by atoms with Crippen LogP contribution in [0.1, 0.15) is 70.8 Å². The molecule has 2 aliphatic carbocycles. The van der Waals surface area contributed by atoms with Gasteiger partial charge in [0.25, 0.3) is 0 Å². The first-order valence-electron chi connectivity index (χ1n) is 9.71. The Morgan fingerprint density at radius 3 is 2.33 bits per heavy atom. The molecule has 0 aliphatic heterocycles. The van der Waals surface area contributed by atoms with Gasteiger partial charge in [0.15, 0.2) is 0 Å². The number of amides is 1. The van der Waals surface area contributed by atoms with Crippen molar-refractivity contribution < 1.29 is 9.90 Å². The van der Waals surface area contributed by atoms with E-state index in [2.05, 4.69) is 35.6 Å². The zero-order valence-corrected chi connectivity index (χ0v) is 15.4. The van der Waals surface area contributed by atoms with Gasteiger partial charge in [-0.25, -0.2) is 0 Å². The van der Waals surface area contributed by atoms with E-state index in [1.165, 1.54) is 44.1 Å². The second kappa shape index (κ2) is 13.0. The Morgan fingerprint density at radius 2 is 1.79 bits per heavy atom. The predicted molar refractivity (Wildman–Crippen MR) is 101 cm³/mol. The SMILES string of the molecule is CC.O=CNC1CC1CCCc1ccccc1.OC1CCCCC1. The summed E-state index contributed by atoms with van der Waals surface area (Å²) in [6, 6.07) is 11.0. The highest BCUT2D eigenvalue weighted by molar-refractivity contribution is 5.47. The summed E-state index contributed by atoms with van der Waals surface area (Å²) >= 11 is 0. The Bertz CT molecular complexity index is 415. The van der Waals surface area contributed by atoms with Crippen LogP contribution in [0.3, 0.4) is 0 Å². The molecule has 0 spiro atoms. The van der Waals surface area contributed by atoms with Gasteiger partial charge in [0.05, 0.1) is 6.10 Å². The number of hydrogen-bond acceptors (Lipinski definition) is 2. The molecule has 1 aromatic rings. The van der Waals surface area contributed by atoms with Crippen molar-refractivity contribution >= 4 is 6.41 Å². The number of aryl methyl sites for hydroxylation is 1. The molecule has 2 aliphatic rings. The Balaban J connectivity index is 0.000000268. The van der Waals surface area contributed by atoms with Gasteiger partial charge in [-0.15, -0.1) is 0 Å². The average molecular weight is 334 g/mol. The topological polar surface area (TPSA) is 49.3 Å². The summed E-state index contributed by atoms with van der Waals surface area (Å²) in [5.41, 5.74) is 1.41. The van der Waals surface area contributed by atoms with E-state index in [0.29, 0.717) is 6.04 Å². The molecule has 2 N–H and O–H groups in total. The number of rotatable bonds is 6. The van der Waals surface area contributed by atoms with E-state index >= 15 is 0 Å². The van der Waals surface area contributed by atoms with Gasteiger partial charge < -0.3 is 10.4 Å². The lowest BCUT2D eigenvalue weighted by Crippen LogP contribution is -2.15. The van der Waals surface area contributed by atoms with Crippen molar-refractivity contribution in [1.29, 1.82) is 0 Å². The van der Waals surface area contributed by atoms with Crippen LogP contribution in [0.4, 0.5) is 0 Å². The molecule has 0 saturated heterocycles. The van der Waals surface area contributed by atoms with E-state index in [-0.39, 0.29) is 6.10 Å². The standard InChI is InChI=1S/C13H17NO.C6H12O.C2H6/c15-10-14-13-9-12(13)8-4-7-11-5-2-1-3-6-11;7-6-4-2-1-3-5-6;1-2/h1-3,5-6,10,12-13H,4,7-9H2,(H,14,15);6-7H,1-5H2;1-2H3. The first kappa shape index (κ1) is 20.7. The summed E-state index contributed by atoms with van der Waals surface area (Å²) in [6.45, 7) is 4.00. The van der Waals surface area contributed by atoms with E-state index in [9.17, 15) is 4.79 Å². The molecule has 1 aromatic carbocycles. The highest BCUT2D eigenvalue weighted by Gasteiger charge is 2.35. The first-order chi connectivity index (χ1) is 11.8. The van der Waals surface area contributed by atoms with Gasteiger partial charge in [0.1, 0.15) is 0 Å². The molecule has 3 heteroatoms. The van der Waals surface area contributed by atoms with E-state index in [1.807, 2.05) is 13.8 Å². The first-order valence-corrected chi connectivity index (χ1v) is 9.71. The fraction of sp³-hybridized carbons (Fsp3) is 0.667. The van der Waals surface area contributed by atoms with Crippen LogP contribution in [-0.4, -0.2) is 23.7 Å². The summed E-state index contributed by atoms with van der Waals surface area (Å²) in [7, 11) is 0. The van der Waals surface area contributed by atoms with Gasteiger partial charge in [-0.1, -0.05) is 63.4 Å². The zero-order valence-electron chi connectivity index (χ0n) is 15.4. The van der Waals surface area contributed by atoms with Crippen LogP contribution < -0.4 is 5.32 Å². The molecule has 0 aromatic heterocycles. The molecule has 2 saturated carbocycles. The molecule has 2 fully saturated rings. The van der Waals surface area contributed by atoms with Crippen LogP contribution >= 0.6 is 0 Å². The molecule has 0 radical (unpaired) electrons. The third-order valence-electron chi connectivity index (χ3n) is 4.66. The van der Waals surface area contributed by atoms with Crippen LogP contribution in [0.5, 0.6) is 0 Å². The minimum atomic E-state index is 0.0359. The number of aliphatic hydroxyl groups excluding tert-OH is 1. The molecule has 0 bridgehead atoms.